The molecule has 6 nitrogen and oxygen atoms in total. The maximum Gasteiger partial charge on any atom is 0.275 e. The normalized spacial score (nSPS) is 10.7. The van der Waals surface area contributed by atoms with Gasteiger partial charge in [-0.25, -0.2) is 4.68 Å². The van der Waals surface area contributed by atoms with Crippen LogP contribution in [0, 0.1) is 0 Å². The van der Waals surface area contributed by atoms with Crippen molar-refractivity contribution in [2.24, 2.45) is 7.05 Å². The van der Waals surface area contributed by atoms with Gasteiger partial charge in [-0.05, 0) is 23.8 Å². The van der Waals surface area contributed by atoms with E-state index in [0.717, 1.165) is 11.3 Å². The highest BCUT2D eigenvalue weighted by atomic mass is 35.5. The van der Waals surface area contributed by atoms with Crippen LogP contribution in [0.15, 0.2) is 48.9 Å². The number of benzene rings is 1. The summed E-state index contributed by atoms with van der Waals surface area (Å²) in [6.07, 6.45) is 5.23. The Hall–Kier alpha value is -2.60. The van der Waals surface area contributed by atoms with Crippen molar-refractivity contribution in [3.8, 4) is 5.69 Å². The van der Waals surface area contributed by atoms with Gasteiger partial charge in [-0.1, -0.05) is 23.7 Å². The van der Waals surface area contributed by atoms with E-state index in [1.54, 1.807) is 36.1 Å². The van der Waals surface area contributed by atoms with E-state index in [1.807, 2.05) is 36.5 Å². The zero-order valence-electron chi connectivity index (χ0n) is 12.8. The number of hydrogen-bond donors (Lipinski definition) is 0. The van der Waals surface area contributed by atoms with Crippen LogP contribution in [-0.2, 0) is 13.6 Å². The van der Waals surface area contributed by atoms with E-state index in [4.69, 9.17) is 11.6 Å². The molecule has 0 aliphatic rings. The maximum atomic E-state index is 12.4. The molecule has 0 unspecified atom stereocenters. The highest BCUT2D eigenvalue weighted by Crippen LogP contribution is 2.16. The number of aryl methyl sites for hydroxylation is 1. The third-order valence-corrected chi connectivity index (χ3v) is 3.74. The van der Waals surface area contributed by atoms with E-state index >= 15 is 0 Å². The molecule has 1 aromatic carbocycles. The molecule has 0 atom stereocenters. The van der Waals surface area contributed by atoms with Crippen molar-refractivity contribution < 1.29 is 4.79 Å². The number of amides is 1. The average Bonchev–Trinajstić information content (AvgIpc) is 3.17. The van der Waals surface area contributed by atoms with Gasteiger partial charge in [0.05, 0.1) is 10.7 Å². The SMILES string of the molecule is CN(Cc1ccc(-n2cccn2)cc1)C(=O)c1nn(C)cc1Cl. The third-order valence-electron chi connectivity index (χ3n) is 3.46. The van der Waals surface area contributed by atoms with Crippen molar-refractivity contribution in [2.75, 3.05) is 7.05 Å². The Morgan fingerprint density at radius 1 is 1.30 bits per heavy atom. The lowest BCUT2D eigenvalue weighted by Gasteiger charge is -2.16. The Balaban J connectivity index is 1.71. The van der Waals surface area contributed by atoms with Gasteiger partial charge >= 0.3 is 0 Å². The average molecular weight is 330 g/mol. The standard InChI is InChI=1S/C16H16ClN5O/c1-20(16(23)15-14(17)11-21(2)19-15)10-12-4-6-13(7-5-12)22-9-3-8-18-22/h3-9,11H,10H2,1-2H3. The lowest BCUT2D eigenvalue weighted by Crippen LogP contribution is -2.27. The zero-order valence-corrected chi connectivity index (χ0v) is 13.6. The number of carbonyl (C=O) groups is 1. The fourth-order valence-corrected chi connectivity index (χ4v) is 2.57. The van der Waals surface area contributed by atoms with Gasteiger partial charge in [0.25, 0.3) is 5.91 Å². The largest absolute Gasteiger partial charge is 0.336 e. The lowest BCUT2D eigenvalue weighted by atomic mass is 10.2. The number of nitrogens with zero attached hydrogens (tertiary/aromatic N) is 5. The van der Waals surface area contributed by atoms with Crippen LogP contribution >= 0.6 is 11.6 Å². The van der Waals surface area contributed by atoms with E-state index < -0.39 is 0 Å². The van der Waals surface area contributed by atoms with Crippen LogP contribution in [0.4, 0.5) is 0 Å². The second kappa shape index (κ2) is 6.26. The summed E-state index contributed by atoms with van der Waals surface area (Å²) in [5.74, 6) is -0.202. The quantitative estimate of drug-likeness (QED) is 0.739. The predicted octanol–water partition coefficient (Wildman–Crippen LogP) is 2.53. The molecule has 0 bridgehead atoms. The first-order valence-electron chi connectivity index (χ1n) is 7.08. The van der Waals surface area contributed by atoms with Crippen LogP contribution in [0.2, 0.25) is 5.02 Å². The van der Waals surface area contributed by atoms with Gasteiger partial charge in [-0.15, -0.1) is 0 Å². The van der Waals surface area contributed by atoms with Gasteiger partial charge in [0.2, 0.25) is 0 Å². The van der Waals surface area contributed by atoms with E-state index in [9.17, 15) is 4.79 Å². The number of carbonyl (C=O) groups excluding carboxylic acids is 1. The van der Waals surface area contributed by atoms with Crippen molar-refractivity contribution in [1.82, 2.24) is 24.5 Å². The molecule has 118 valence electrons. The molecule has 0 aliphatic carbocycles. The van der Waals surface area contributed by atoms with Gasteiger partial charge in [0.1, 0.15) is 0 Å². The molecule has 0 saturated carbocycles. The maximum absolute atomic E-state index is 12.4. The van der Waals surface area contributed by atoms with Gasteiger partial charge in [0, 0.05) is 39.2 Å². The first kappa shape index (κ1) is 15.3. The summed E-state index contributed by atoms with van der Waals surface area (Å²) < 4.78 is 3.31. The Morgan fingerprint density at radius 3 is 2.61 bits per heavy atom. The van der Waals surface area contributed by atoms with E-state index in [2.05, 4.69) is 10.2 Å². The highest BCUT2D eigenvalue weighted by Gasteiger charge is 2.19. The monoisotopic (exact) mass is 329 g/mol. The summed E-state index contributed by atoms with van der Waals surface area (Å²) in [7, 11) is 3.46. The Kier molecular flexibility index (Phi) is 4.16. The van der Waals surface area contributed by atoms with Crippen molar-refractivity contribution in [3.63, 3.8) is 0 Å². The fourth-order valence-electron chi connectivity index (χ4n) is 2.31. The summed E-state index contributed by atoms with van der Waals surface area (Å²) in [4.78, 5) is 14.0. The number of hydrogen-bond acceptors (Lipinski definition) is 3. The molecule has 23 heavy (non-hydrogen) atoms. The first-order valence-corrected chi connectivity index (χ1v) is 7.46. The van der Waals surface area contributed by atoms with Crippen molar-refractivity contribution in [2.45, 2.75) is 6.54 Å². The van der Waals surface area contributed by atoms with Gasteiger partial charge in [0.15, 0.2) is 5.69 Å². The minimum absolute atomic E-state index is 0.202. The molecule has 7 heteroatoms. The molecular weight excluding hydrogens is 314 g/mol. The molecule has 3 rings (SSSR count). The Labute approximate surface area is 138 Å². The first-order chi connectivity index (χ1) is 11.0. The van der Waals surface area contributed by atoms with Crippen LogP contribution < -0.4 is 0 Å². The molecule has 0 N–H and O–H groups in total. The van der Waals surface area contributed by atoms with Crippen molar-refractivity contribution in [3.05, 3.63) is 65.2 Å². The van der Waals surface area contributed by atoms with Crippen LogP contribution in [0.1, 0.15) is 16.1 Å². The fraction of sp³-hybridized carbons (Fsp3) is 0.188. The smallest absolute Gasteiger partial charge is 0.275 e. The van der Waals surface area contributed by atoms with Crippen LogP contribution in [0.25, 0.3) is 5.69 Å². The summed E-state index contributed by atoms with van der Waals surface area (Å²) >= 11 is 6.02. The molecule has 1 amide bonds. The van der Waals surface area contributed by atoms with Crippen LogP contribution in [0.3, 0.4) is 0 Å². The van der Waals surface area contributed by atoms with Crippen LogP contribution in [0.5, 0.6) is 0 Å². The van der Waals surface area contributed by atoms with E-state index in [0.29, 0.717) is 11.6 Å². The molecule has 2 aromatic heterocycles. The predicted molar refractivity (Wildman–Crippen MR) is 87.6 cm³/mol. The highest BCUT2D eigenvalue weighted by molar-refractivity contribution is 6.33. The topological polar surface area (TPSA) is 56.0 Å². The minimum atomic E-state index is -0.202. The molecule has 0 fully saturated rings. The van der Waals surface area contributed by atoms with E-state index in [-0.39, 0.29) is 11.6 Å². The third kappa shape index (κ3) is 3.27. The van der Waals surface area contributed by atoms with E-state index in [1.165, 1.54) is 4.68 Å². The number of halogens is 1. The summed E-state index contributed by atoms with van der Waals surface area (Å²) in [5.41, 5.74) is 2.26. The Bertz CT molecular complexity index is 808. The zero-order chi connectivity index (χ0) is 16.4. The number of aromatic nitrogens is 4. The van der Waals surface area contributed by atoms with Crippen LogP contribution in [-0.4, -0.2) is 37.4 Å². The van der Waals surface area contributed by atoms with Crippen molar-refractivity contribution >= 4 is 17.5 Å². The van der Waals surface area contributed by atoms with Crippen molar-refractivity contribution in [1.29, 1.82) is 0 Å². The van der Waals surface area contributed by atoms with Gasteiger partial charge in [-0.2, -0.15) is 10.2 Å². The minimum Gasteiger partial charge on any atom is -0.336 e. The molecule has 0 aliphatic heterocycles. The molecule has 0 saturated heterocycles. The number of rotatable bonds is 4. The summed E-state index contributed by atoms with van der Waals surface area (Å²) in [6, 6.07) is 9.75. The molecule has 0 spiro atoms. The second-order valence-electron chi connectivity index (χ2n) is 5.28. The molecule has 3 aromatic rings. The lowest BCUT2D eigenvalue weighted by molar-refractivity contribution is 0.0778. The molecule has 0 radical (unpaired) electrons. The molecule has 2 heterocycles. The van der Waals surface area contributed by atoms with Gasteiger partial charge in [-0.3, -0.25) is 9.48 Å². The Morgan fingerprint density at radius 2 is 2.04 bits per heavy atom. The summed E-state index contributed by atoms with van der Waals surface area (Å²) in [5, 5.41) is 8.65. The summed E-state index contributed by atoms with van der Waals surface area (Å²) in [6.45, 7) is 0.477. The van der Waals surface area contributed by atoms with Gasteiger partial charge < -0.3 is 4.90 Å². The molecular formula is C16H16ClN5O. The second-order valence-corrected chi connectivity index (χ2v) is 5.68.